The van der Waals surface area contributed by atoms with Crippen molar-refractivity contribution in [3.63, 3.8) is 0 Å². The number of ketones is 1. The van der Waals surface area contributed by atoms with Crippen molar-refractivity contribution in [3.8, 4) is 5.75 Å². The fourth-order valence-electron chi connectivity index (χ4n) is 3.76. The van der Waals surface area contributed by atoms with Gasteiger partial charge in [0.2, 0.25) is 10.0 Å². The molecule has 0 heterocycles. The van der Waals surface area contributed by atoms with Gasteiger partial charge in [0, 0.05) is 22.2 Å². The maximum absolute atomic E-state index is 13.0. The molecule has 0 aromatic heterocycles. The third kappa shape index (κ3) is 7.25. The molecule has 39 heavy (non-hydrogen) atoms. The van der Waals surface area contributed by atoms with Gasteiger partial charge in [-0.05, 0) is 48.9 Å². The average molecular weight is 583 g/mol. The highest BCUT2D eigenvalue weighted by molar-refractivity contribution is 7.89. The number of ether oxygens (including phenoxy) is 1. The van der Waals surface area contributed by atoms with E-state index in [-0.39, 0.29) is 32.7 Å². The molecule has 0 radical (unpaired) electrons. The van der Waals surface area contributed by atoms with E-state index >= 15 is 0 Å². The summed E-state index contributed by atoms with van der Waals surface area (Å²) in [6, 6.07) is 25.9. The molecule has 4 aromatic rings. The number of rotatable bonds is 10. The smallest absolute Gasteiger partial charge is 0.262 e. The average Bonchev–Trinajstić information content (AvgIpc) is 2.93. The zero-order chi connectivity index (χ0) is 28.0. The van der Waals surface area contributed by atoms with Crippen molar-refractivity contribution < 1.29 is 22.7 Å². The highest BCUT2D eigenvalue weighted by atomic mass is 35.5. The molecule has 1 atom stereocenters. The number of halogens is 2. The lowest BCUT2D eigenvalue weighted by Gasteiger charge is -2.16. The molecule has 0 aliphatic rings. The molecule has 0 unspecified atom stereocenters. The first-order valence-electron chi connectivity index (χ1n) is 11.8. The van der Waals surface area contributed by atoms with Gasteiger partial charge in [0.25, 0.3) is 5.91 Å². The van der Waals surface area contributed by atoms with E-state index < -0.39 is 28.6 Å². The minimum Gasteiger partial charge on any atom is -0.482 e. The van der Waals surface area contributed by atoms with Crippen LogP contribution >= 0.6 is 23.2 Å². The summed E-state index contributed by atoms with van der Waals surface area (Å²) >= 11 is 12.4. The van der Waals surface area contributed by atoms with Crippen molar-refractivity contribution >= 4 is 50.6 Å². The van der Waals surface area contributed by atoms with Gasteiger partial charge in [-0.15, -0.1) is 0 Å². The first kappa shape index (κ1) is 28.3. The van der Waals surface area contributed by atoms with Gasteiger partial charge in [-0.3, -0.25) is 9.59 Å². The van der Waals surface area contributed by atoms with Gasteiger partial charge in [-0.1, -0.05) is 83.9 Å². The van der Waals surface area contributed by atoms with Gasteiger partial charge in [0.15, 0.2) is 12.4 Å². The van der Waals surface area contributed by atoms with Crippen molar-refractivity contribution in [2.24, 2.45) is 0 Å². The van der Waals surface area contributed by atoms with E-state index in [1.165, 1.54) is 30.3 Å². The van der Waals surface area contributed by atoms with Crippen LogP contribution in [0.3, 0.4) is 0 Å². The molecule has 0 saturated heterocycles. The molecule has 0 fully saturated rings. The fourth-order valence-corrected chi connectivity index (χ4v) is 5.49. The summed E-state index contributed by atoms with van der Waals surface area (Å²) in [7, 11) is -3.87. The molecule has 7 nitrogen and oxygen atoms in total. The van der Waals surface area contributed by atoms with Crippen molar-refractivity contribution in [1.82, 2.24) is 4.72 Å². The molecule has 0 saturated carbocycles. The van der Waals surface area contributed by atoms with Crippen LogP contribution in [-0.2, 0) is 14.8 Å². The van der Waals surface area contributed by atoms with Crippen LogP contribution in [0.5, 0.6) is 5.75 Å². The molecule has 2 N–H and O–H groups in total. The predicted octanol–water partition coefficient (Wildman–Crippen LogP) is 6.28. The van der Waals surface area contributed by atoms with E-state index in [1.807, 2.05) is 30.3 Å². The maximum atomic E-state index is 13.0. The van der Waals surface area contributed by atoms with E-state index in [9.17, 15) is 18.0 Å². The lowest BCUT2D eigenvalue weighted by atomic mass is 10.0. The summed E-state index contributed by atoms with van der Waals surface area (Å²) in [5, 5.41) is 3.02. The summed E-state index contributed by atoms with van der Waals surface area (Å²) in [6.45, 7) is 1.31. The van der Waals surface area contributed by atoms with Crippen LogP contribution in [0.15, 0.2) is 102 Å². The summed E-state index contributed by atoms with van der Waals surface area (Å²) < 4.78 is 33.8. The Morgan fingerprint density at radius 1 is 0.872 bits per heavy atom. The predicted molar refractivity (Wildman–Crippen MR) is 152 cm³/mol. The Balaban J connectivity index is 1.42. The molecule has 10 heteroatoms. The summed E-state index contributed by atoms with van der Waals surface area (Å²) in [6.07, 6.45) is 0. The second kappa shape index (κ2) is 12.4. The van der Waals surface area contributed by atoms with Crippen molar-refractivity contribution in [2.45, 2.75) is 17.9 Å². The number of hydrogen-bond donors (Lipinski definition) is 2. The fraction of sp³-hybridized carbons (Fsp3) is 0.103. The minimum atomic E-state index is -3.87. The standard InChI is InChI=1S/C29H24Cl2N2O5S/c1-19(20-8-4-2-5-9-20)33-39(36,37)23-13-15-27(25(31)17-23)38-18-28(34)32-26-14-12-22(30)16-24(26)29(35)21-10-6-3-7-11-21/h2-17,19,33H,18H2,1H3,(H,32,34)/t19-/m0/s1. The summed E-state index contributed by atoms with van der Waals surface area (Å²) in [5.41, 5.74) is 1.76. The molecular formula is C29H24Cl2N2O5S. The lowest BCUT2D eigenvalue weighted by molar-refractivity contribution is -0.118. The zero-order valence-electron chi connectivity index (χ0n) is 20.7. The van der Waals surface area contributed by atoms with Crippen molar-refractivity contribution in [3.05, 3.63) is 124 Å². The highest BCUT2D eigenvalue weighted by Gasteiger charge is 2.21. The van der Waals surface area contributed by atoms with E-state index in [2.05, 4.69) is 10.0 Å². The molecule has 4 aromatic carbocycles. The number of benzene rings is 4. The SMILES string of the molecule is C[C@H](NS(=O)(=O)c1ccc(OCC(=O)Nc2ccc(Cl)cc2C(=O)c2ccccc2)c(Cl)c1)c1ccccc1. The van der Waals surface area contributed by atoms with Crippen LogP contribution in [-0.4, -0.2) is 26.7 Å². The van der Waals surface area contributed by atoms with E-state index in [0.717, 1.165) is 5.56 Å². The van der Waals surface area contributed by atoms with Gasteiger partial charge in [-0.2, -0.15) is 0 Å². The number of amides is 1. The Morgan fingerprint density at radius 3 is 2.21 bits per heavy atom. The third-order valence-corrected chi connectivity index (χ3v) is 7.81. The van der Waals surface area contributed by atoms with Gasteiger partial charge >= 0.3 is 0 Å². The maximum Gasteiger partial charge on any atom is 0.262 e. The molecule has 1 amide bonds. The van der Waals surface area contributed by atoms with Crippen LogP contribution in [0.4, 0.5) is 5.69 Å². The third-order valence-electron chi connectivity index (χ3n) is 5.74. The Kier molecular flexibility index (Phi) is 9.04. The van der Waals surface area contributed by atoms with E-state index in [1.54, 1.807) is 43.3 Å². The minimum absolute atomic E-state index is 0.0180. The molecule has 200 valence electrons. The molecule has 0 bridgehead atoms. The van der Waals surface area contributed by atoms with Crippen LogP contribution in [0.25, 0.3) is 0 Å². The van der Waals surface area contributed by atoms with Gasteiger partial charge in [-0.25, -0.2) is 13.1 Å². The Bertz CT molecular complexity index is 1600. The van der Waals surface area contributed by atoms with Crippen LogP contribution in [0.1, 0.15) is 34.5 Å². The summed E-state index contributed by atoms with van der Waals surface area (Å²) in [4.78, 5) is 25.6. The van der Waals surface area contributed by atoms with Crippen LogP contribution in [0.2, 0.25) is 10.0 Å². The number of nitrogens with one attached hydrogen (secondary N) is 2. The molecule has 0 aliphatic carbocycles. The molecule has 0 aliphatic heterocycles. The number of anilines is 1. The van der Waals surface area contributed by atoms with Crippen molar-refractivity contribution in [1.29, 1.82) is 0 Å². The van der Waals surface area contributed by atoms with Gasteiger partial charge in [0.05, 0.1) is 15.6 Å². The number of sulfonamides is 1. The Hall–Kier alpha value is -3.69. The zero-order valence-corrected chi connectivity index (χ0v) is 23.1. The second-order valence-corrected chi connectivity index (χ2v) is 11.1. The Morgan fingerprint density at radius 2 is 1.54 bits per heavy atom. The first-order chi connectivity index (χ1) is 18.6. The van der Waals surface area contributed by atoms with Gasteiger partial charge in [0.1, 0.15) is 5.75 Å². The molecule has 4 rings (SSSR count). The normalized spacial score (nSPS) is 12.0. The topological polar surface area (TPSA) is 102 Å². The Labute approximate surface area is 236 Å². The monoisotopic (exact) mass is 582 g/mol. The van der Waals surface area contributed by atoms with Crippen LogP contribution < -0.4 is 14.8 Å². The van der Waals surface area contributed by atoms with E-state index in [4.69, 9.17) is 27.9 Å². The largest absolute Gasteiger partial charge is 0.482 e. The number of carbonyl (C=O) groups is 2. The molecular weight excluding hydrogens is 559 g/mol. The number of carbonyl (C=O) groups excluding carboxylic acids is 2. The highest BCUT2D eigenvalue weighted by Crippen LogP contribution is 2.29. The molecule has 0 spiro atoms. The number of hydrogen-bond acceptors (Lipinski definition) is 5. The van der Waals surface area contributed by atoms with E-state index in [0.29, 0.717) is 10.6 Å². The van der Waals surface area contributed by atoms with Gasteiger partial charge < -0.3 is 10.1 Å². The van der Waals surface area contributed by atoms with Crippen molar-refractivity contribution in [2.75, 3.05) is 11.9 Å². The first-order valence-corrected chi connectivity index (χ1v) is 14.1. The quantitative estimate of drug-likeness (QED) is 0.214. The summed E-state index contributed by atoms with van der Waals surface area (Å²) in [5.74, 6) is -0.728. The lowest BCUT2D eigenvalue weighted by Crippen LogP contribution is -2.27. The van der Waals surface area contributed by atoms with Crippen LogP contribution in [0, 0.1) is 0 Å². The second-order valence-electron chi connectivity index (χ2n) is 8.57.